The van der Waals surface area contributed by atoms with Gasteiger partial charge in [-0.15, -0.1) is 0 Å². The van der Waals surface area contributed by atoms with Crippen molar-refractivity contribution in [2.45, 2.75) is 137 Å². The molecule has 2 aromatic heterocycles. The fourth-order valence-corrected chi connectivity index (χ4v) is 4.88. The number of unbranched alkanes of at least 4 members (excludes halogenated alkanes) is 3. The molecule has 14 heteroatoms. The Balaban J connectivity index is 2.58. The van der Waals surface area contributed by atoms with Crippen molar-refractivity contribution in [3.8, 4) is 0 Å². The molecule has 0 radical (unpaired) electrons. The number of hydrogen-bond acceptors (Lipinski definition) is 9. The zero-order chi connectivity index (χ0) is 35.7. The van der Waals surface area contributed by atoms with Crippen molar-refractivity contribution >= 4 is 63.0 Å². The smallest absolute Gasteiger partial charge is 0.425 e. The average Bonchev–Trinajstić information content (AvgIpc) is 3.21. The van der Waals surface area contributed by atoms with Gasteiger partial charge in [0.2, 0.25) is 0 Å². The van der Waals surface area contributed by atoms with Crippen molar-refractivity contribution in [2.24, 2.45) is 0 Å². The molecule has 13 nitrogen and oxygen atoms in total. The third-order valence-electron chi connectivity index (χ3n) is 6.19. The van der Waals surface area contributed by atoms with Crippen molar-refractivity contribution in [1.82, 2.24) is 20.1 Å². The molecular weight excluding hydrogens is 674 g/mol. The molecule has 47 heavy (non-hydrogen) atoms. The number of anilines is 1. The SMILES string of the molecule is CC(CCn1nc(Br)c2c(N(C(=O)OC(C)(C)C)C(=O)OC(C)(C)C)ncc(/C=C/CCCCCC(=O)O)c21)NC(=O)OC(C)(C)C. The Morgan fingerprint density at radius 3 is 2.06 bits per heavy atom. The Morgan fingerprint density at radius 2 is 1.53 bits per heavy atom. The largest absolute Gasteiger partial charge is 0.481 e. The zero-order valence-electron chi connectivity index (χ0n) is 29.2. The van der Waals surface area contributed by atoms with E-state index in [1.54, 1.807) is 73.2 Å². The van der Waals surface area contributed by atoms with Crippen LogP contribution in [0, 0.1) is 0 Å². The maximum absolute atomic E-state index is 13.5. The first kappa shape index (κ1) is 39.5. The number of fused-ring (bicyclic) bond motifs is 1. The fourth-order valence-electron chi connectivity index (χ4n) is 4.32. The van der Waals surface area contributed by atoms with E-state index in [0.29, 0.717) is 46.9 Å². The predicted molar refractivity (Wildman–Crippen MR) is 183 cm³/mol. The van der Waals surface area contributed by atoms with Gasteiger partial charge in [0.1, 0.15) is 21.4 Å². The highest BCUT2D eigenvalue weighted by atomic mass is 79.9. The monoisotopic (exact) mass is 723 g/mol. The molecule has 0 fully saturated rings. The number of carboxylic acids is 1. The molecule has 2 N–H and O–H groups in total. The van der Waals surface area contributed by atoms with Crippen LogP contribution in [0.3, 0.4) is 0 Å². The summed E-state index contributed by atoms with van der Waals surface area (Å²) >= 11 is 3.53. The number of halogens is 1. The number of aromatic nitrogens is 3. The number of pyridine rings is 1. The topological polar surface area (TPSA) is 162 Å². The van der Waals surface area contributed by atoms with Gasteiger partial charge in [0.15, 0.2) is 5.82 Å². The summed E-state index contributed by atoms with van der Waals surface area (Å²) in [5.74, 6) is -0.831. The number of nitrogens with zero attached hydrogens (tertiary/aromatic N) is 4. The second kappa shape index (κ2) is 16.4. The first-order valence-electron chi connectivity index (χ1n) is 15.8. The van der Waals surface area contributed by atoms with Crippen LogP contribution in [0.4, 0.5) is 20.2 Å². The lowest BCUT2D eigenvalue weighted by Crippen LogP contribution is -2.44. The average molecular weight is 725 g/mol. The lowest BCUT2D eigenvalue weighted by Gasteiger charge is -2.28. The van der Waals surface area contributed by atoms with E-state index >= 15 is 0 Å². The molecule has 0 aliphatic rings. The van der Waals surface area contributed by atoms with E-state index in [1.807, 2.05) is 19.1 Å². The molecule has 2 aromatic rings. The van der Waals surface area contributed by atoms with E-state index in [1.165, 1.54) is 0 Å². The van der Waals surface area contributed by atoms with Crippen molar-refractivity contribution in [3.63, 3.8) is 0 Å². The lowest BCUT2D eigenvalue weighted by atomic mass is 10.1. The molecular formula is C33H50BrN5O8. The summed E-state index contributed by atoms with van der Waals surface area (Å²) in [4.78, 5) is 55.5. The number of aryl methyl sites for hydroxylation is 1. The molecule has 262 valence electrons. The van der Waals surface area contributed by atoms with Crippen molar-refractivity contribution < 1.29 is 38.5 Å². The molecule has 2 heterocycles. The summed E-state index contributed by atoms with van der Waals surface area (Å²) in [5.41, 5.74) is -1.20. The van der Waals surface area contributed by atoms with Gasteiger partial charge >= 0.3 is 24.2 Å². The van der Waals surface area contributed by atoms with Crippen LogP contribution >= 0.6 is 15.9 Å². The number of allylic oxidation sites excluding steroid dienone is 1. The van der Waals surface area contributed by atoms with Crippen LogP contribution < -0.4 is 10.2 Å². The zero-order valence-corrected chi connectivity index (χ0v) is 30.8. The molecule has 0 aliphatic heterocycles. The Bertz CT molecular complexity index is 1420. The summed E-state index contributed by atoms with van der Waals surface area (Å²) in [6, 6.07) is -0.269. The molecule has 2 rings (SSSR count). The van der Waals surface area contributed by atoms with E-state index in [9.17, 15) is 19.2 Å². The summed E-state index contributed by atoms with van der Waals surface area (Å²) in [7, 11) is 0. The second-order valence-corrected chi connectivity index (χ2v) is 15.1. The molecule has 0 saturated carbocycles. The van der Waals surface area contributed by atoms with Gasteiger partial charge in [-0.2, -0.15) is 10.00 Å². The number of nitrogens with one attached hydrogen (secondary N) is 1. The molecule has 3 amide bonds. The molecule has 1 atom stereocenters. The number of amides is 3. The Kier molecular flexibility index (Phi) is 13.8. The van der Waals surface area contributed by atoms with E-state index in [4.69, 9.17) is 19.3 Å². The van der Waals surface area contributed by atoms with Crippen LogP contribution in [0.5, 0.6) is 0 Å². The standard InChI is InChI=1S/C33H50BrN5O8/c1-21(36-28(42)45-31(2,3)4)18-19-38-25-22(16-14-12-11-13-15-17-23(40)41)20-35-27(24(25)26(34)37-38)39(29(43)46-32(5,6)7)30(44)47-33(8,9)10/h14,16,20-21H,11-13,15,17-19H2,1-10H3,(H,36,42)(H,40,41)/b16-14+. The van der Waals surface area contributed by atoms with Gasteiger partial charge in [-0.3, -0.25) is 9.48 Å². The van der Waals surface area contributed by atoms with Crippen LogP contribution in [0.15, 0.2) is 16.9 Å². The van der Waals surface area contributed by atoms with E-state index in [-0.39, 0.29) is 18.3 Å². The quantitative estimate of drug-likeness (QED) is 0.161. The van der Waals surface area contributed by atoms with E-state index < -0.39 is 41.1 Å². The Hall–Kier alpha value is -3.68. The minimum Gasteiger partial charge on any atom is -0.481 e. The van der Waals surface area contributed by atoms with Crippen molar-refractivity contribution in [2.75, 3.05) is 4.90 Å². The first-order chi connectivity index (χ1) is 21.6. The van der Waals surface area contributed by atoms with Gasteiger partial charge in [-0.1, -0.05) is 18.6 Å². The number of hydrogen-bond donors (Lipinski definition) is 2. The van der Waals surface area contributed by atoms with Crippen molar-refractivity contribution in [1.29, 1.82) is 0 Å². The van der Waals surface area contributed by atoms with Crippen LogP contribution in [-0.4, -0.2) is 67.0 Å². The van der Waals surface area contributed by atoms with E-state index in [0.717, 1.165) is 17.7 Å². The molecule has 0 aliphatic carbocycles. The molecule has 0 bridgehead atoms. The van der Waals surface area contributed by atoms with Crippen molar-refractivity contribution in [3.05, 3.63) is 22.4 Å². The third kappa shape index (κ3) is 13.5. The maximum atomic E-state index is 13.5. The molecule has 0 saturated heterocycles. The Labute approximate surface area is 285 Å². The number of carbonyl (C=O) groups is 4. The number of alkyl carbamates (subject to hydrolysis) is 1. The van der Waals surface area contributed by atoms with Gasteiger partial charge < -0.3 is 24.6 Å². The van der Waals surface area contributed by atoms with Crippen LogP contribution in [0.2, 0.25) is 0 Å². The van der Waals surface area contributed by atoms with Gasteiger partial charge in [0.05, 0.1) is 10.9 Å². The number of rotatable bonds is 12. The number of carbonyl (C=O) groups excluding carboxylic acids is 3. The normalized spacial score (nSPS) is 13.0. The Morgan fingerprint density at radius 1 is 0.957 bits per heavy atom. The minimum atomic E-state index is -0.958. The molecule has 1 unspecified atom stereocenters. The van der Waals surface area contributed by atoms with Crippen LogP contribution in [-0.2, 0) is 25.5 Å². The molecule has 0 aromatic carbocycles. The van der Waals surface area contributed by atoms with E-state index in [2.05, 4.69) is 31.3 Å². The van der Waals surface area contributed by atoms with Gasteiger partial charge in [0.25, 0.3) is 0 Å². The van der Waals surface area contributed by atoms with Gasteiger partial charge in [-0.25, -0.2) is 19.4 Å². The summed E-state index contributed by atoms with van der Waals surface area (Å²) < 4.78 is 18.6. The predicted octanol–water partition coefficient (Wildman–Crippen LogP) is 8.22. The highest BCUT2D eigenvalue weighted by molar-refractivity contribution is 9.10. The van der Waals surface area contributed by atoms with Crippen LogP contribution in [0.25, 0.3) is 17.0 Å². The summed E-state index contributed by atoms with van der Waals surface area (Å²) in [6.07, 6.45) is 6.46. The number of carboxylic acid groups (broad SMARTS) is 1. The highest BCUT2D eigenvalue weighted by Crippen LogP contribution is 2.36. The lowest BCUT2D eigenvalue weighted by molar-refractivity contribution is -0.137. The molecule has 0 spiro atoms. The highest BCUT2D eigenvalue weighted by Gasteiger charge is 2.36. The van der Waals surface area contributed by atoms with Gasteiger partial charge in [0, 0.05) is 30.8 Å². The maximum Gasteiger partial charge on any atom is 0.425 e. The summed E-state index contributed by atoms with van der Waals surface area (Å²) in [5, 5.41) is 16.8. The second-order valence-electron chi connectivity index (χ2n) is 14.3. The summed E-state index contributed by atoms with van der Waals surface area (Å²) in [6.45, 7) is 17.7. The fraction of sp³-hybridized carbons (Fsp3) is 0.636. The first-order valence-corrected chi connectivity index (χ1v) is 16.6. The third-order valence-corrected chi connectivity index (χ3v) is 6.75. The minimum absolute atomic E-state index is 0.0209. The number of aliphatic carboxylic acids is 1. The number of ether oxygens (including phenoxy) is 3. The van der Waals surface area contributed by atoms with Gasteiger partial charge in [-0.05, 0) is 111 Å². The number of imide groups is 1. The van der Waals surface area contributed by atoms with Crippen LogP contribution in [0.1, 0.15) is 113 Å².